The summed E-state index contributed by atoms with van der Waals surface area (Å²) in [5, 5.41) is 3.71. The highest BCUT2D eigenvalue weighted by Gasteiger charge is 2.37. The van der Waals surface area contributed by atoms with Crippen molar-refractivity contribution in [3.8, 4) is 17.0 Å². The average molecular weight is 485 g/mol. The minimum absolute atomic E-state index is 0.0931. The molecule has 0 fully saturated rings. The van der Waals surface area contributed by atoms with Gasteiger partial charge in [0.25, 0.3) is 0 Å². The number of halogens is 3. The summed E-state index contributed by atoms with van der Waals surface area (Å²) in [7, 11) is 2.50. The lowest BCUT2D eigenvalue weighted by Crippen LogP contribution is -2.21. The van der Waals surface area contributed by atoms with Gasteiger partial charge in [-0.3, -0.25) is 0 Å². The lowest BCUT2D eigenvalue weighted by atomic mass is 10.1. The lowest BCUT2D eigenvalue weighted by molar-refractivity contribution is -0.151. The van der Waals surface area contributed by atoms with Crippen LogP contribution in [-0.4, -0.2) is 40.8 Å². The fourth-order valence-corrected chi connectivity index (χ4v) is 3.46. The molecule has 180 valence electrons. The summed E-state index contributed by atoms with van der Waals surface area (Å²) in [4.78, 5) is 29.6. The van der Waals surface area contributed by atoms with E-state index >= 15 is 0 Å². The van der Waals surface area contributed by atoms with Crippen molar-refractivity contribution in [2.24, 2.45) is 0 Å². The van der Waals surface area contributed by atoms with Crippen molar-refractivity contribution in [1.82, 2.24) is 14.6 Å². The smallest absolute Gasteiger partial charge is 0.433 e. The second-order valence-electron chi connectivity index (χ2n) is 7.24. The zero-order chi connectivity index (χ0) is 25.2. The van der Waals surface area contributed by atoms with E-state index in [9.17, 15) is 22.8 Å². The molecule has 2 heterocycles. The molecule has 0 aliphatic rings. The van der Waals surface area contributed by atoms with Gasteiger partial charge in [-0.15, -0.1) is 0 Å². The van der Waals surface area contributed by atoms with Gasteiger partial charge in [-0.05, 0) is 18.2 Å². The minimum Gasteiger partial charge on any atom is -0.496 e. The number of fused-ring (bicyclic) bond motifs is 1. The Labute approximate surface area is 196 Å². The molecular formula is C24H18F3N3O5. The van der Waals surface area contributed by atoms with Crippen LogP contribution in [0.2, 0.25) is 0 Å². The fourth-order valence-electron chi connectivity index (χ4n) is 3.46. The van der Waals surface area contributed by atoms with Crippen LogP contribution in [0.3, 0.4) is 0 Å². The quantitative estimate of drug-likeness (QED) is 0.372. The van der Waals surface area contributed by atoms with E-state index in [4.69, 9.17) is 14.2 Å². The second-order valence-corrected chi connectivity index (χ2v) is 7.24. The molecular weight excluding hydrogens is 467 g/mol. The molecule has 1 unspecified atom stereocenters. The summed E-state index contributed by atoms with van der Waals surface area (Å²) >= 11 is 0. The molecule has 35 heavy (non-hydrogen) atoms. The van der Waals surface area contributed by atoms with E-state index in [-0.39, 0.29) is 22.6 Å². The first-order chi connectivity index (χ1) is 16.7. The Hall–Kier alpha value is -4.41. The Morgan fingerprint density at radius 1 is 1.00 bits per heavy atom. The number of nitrogens with zero attached hydrogens (tertiary/aromatic N) is 3. The van der Waals surface area contributed by atoms with E-state index in [1.165, 1.54) is 13.2 Å². The third-order valence-electron chi connectivity index (χ3n) is 5.11. The van der Waals surface area contributed by atoms with Crippen molar-refractivity contribution < 1.29 is 37.0 Å². The predicted octanol–water partition coefficient (Wildman–Crippen LogP) is 4.49. The molecule has 8 nitrogen and oxygen atoms in total. The molecule has 0 N–H and O–H groups in total. The number of carbonyl (C=O) groups excluding carboxylic acids is 2. The number of hydrogen-bond donors (Lipinski definition) is 0. The number of aromatic nitrogens is 3. The van der Waals surface area contributed by atoms with E-state index in [1.54, 1.807) is 48.5 Å². The van der Waals surface area contributed by atoms with E-state index in [1.807, 2.05) is 0 Å². The van der Waals surface area contributed by atoms with E-state index in [0.29, 0.717) is 10.1 Å². The number of carbonyl (C=O) groups is 2. The Kier molecular flexibility index (Phi) is 6.41. The molecule has 0 aliphatic carbocycles. The van der Waals surface area contributed by atoms with Crippen LogP contribution in [0.15, 0.2) is 66.9 Å². The second kappa shape index (κ2) is 9.45. The first kappa shape index (κ1) is 23.7. The van der Waals surface area contributed by atoms with Crippen LogP contribution < -0.4 is 4.74 Å². The van der Waals surface area contributed by atoms with E-state index in [0.717, 1.165) is 19.4 Å². The summed E-state index contributed by atoms with van der Waals surface area (Å²) in [6.45, 7) is 0. The summed E-state index contributed by atoms with van der Waals surface area (Å²) in [6.07, 6.45) is -5.35. The van der Waals surface area contributed by atoms with Crippen LogP contribution in [-0.2, 0) is 20.4 Å². The maximum Gasteiger partial charge on any atom is 0.433 e. The average Bonchev–Trinajstić information content (AvgIpc) is 3.30. The highest BCUT2D eigenvalue weighted by Crippen LogP contribution is 2.35. The number of methoxy groups -OCH3 is 2. The zero-order valence-electron chi connectivity index (χ0n) is 18.4. The Balaban J connectivity index is 1.84. The van der Waals surface area contributed by atoms with Gasteiger partial charge in [0.15, 0.2) is 11.3 Å². The van der Waals surface area contributed by atoms with Gasteiger partial charge in [-0.2, -0.15) is 18.3 Å². The highest BCUT2D eigenvalue weighted by molar-refractivity contribution is 5.97. The van der Waals surface area contributed by atoms with Gasteiger partial charge >= 0.3 is 18.1 Å². The minimum atomic E-state index is -4.82. The fraction of sp³-hybridized carbons (Fsp3) is 0.167. The molecule has 4 rings (SSSR count). The Morgan fingerprint density at radius 3 is 2.34 bits per heavy atom. The highest BCUT2D eigenvalue weighted by atomic mass is 19.4. The van der Waals surface area contributed by atoms with Crippen LogP contribution in [0.4, 0.5) is 13.2 Å². The van der Waals surface area contributed by atoms with Crippen molar-refractivity contribution >= 4 is 17.6 Å². The molecule has 0 aliphatic heterocycles. The van der Waals surface area contributed by atoms with Crippen LogP contribution >= 0.6 is 0 Å². The number of hydrogen-bond acceptors (Lipinski definition) is 7. The van der Waals surface area contributed by atoms with Crippen molar-refractivity contribution in [2.75, 3.05) is 14.2 Å². The number of benzene rings is 2. The molecule has 0 radical (unpaired) electrons. The normalized spacial score (nSPS) is 12.3. The molecule has 0 spiro atoms. The van der Waals surface area contributed by atoms with Gasteiger partial charge in [-0.25, -0.2) is 19.1 Å². The summed E-state index contributed by atoms with van der Waals surface area (Å²) in [5.74, 6) is -1.67. The molecule has 4 aromatic rings. The number of alkyl halides is 3. The van der Waals surface area contributed by atoms with Gasteiger partial charge < -0.3 is 14.2 Å². The Morgan fingerprint density at radius 2 is 1.69 bits per heavy atom. The topological polar surface area (TPSA) is 92.0 Å². The SMILES string of the molecule is COC(=O)C(OC(=O)c1cnn2c(C(F)(F)F)cc(-c3ccccc3OC)nc12)c1ccccc1. The first-order valence-electron chi connectivity index (χ1n) is 10.2. The molecule has 0 bridgehead atoms. The van der Waals surface area contributed by atoms with Crippen LogP contribution in [0.1, 0.15) is 27.7 Å². The summed E-state index contributed by atoms with van der Waals surface area (Å²) in [5.41, 5.74) is -1.41. The van der Waals surface area contributed by atoms with Gasteiger partial charge in [0.2, 0.25) is 6.10 Å². The molecule has 0 saturated carbocycles. The molecule has 2 aromatic carbocycles. The lowest BCUT2D eigenvalue weighted by Gasteiger charge is -2.16. The van der Waals surface area contributed by atoms with E-state index < -0.39 is 35.6 Å². The predicted molar refractivity (Wildman–Crippen MR) is 117 cm³/mol. The maximum atomic E-state index is 13.9. The van der Waals surface area contributed by atoms with Gasteiger partial charge in [-0.1, -0.05) is 42.5 Å². The van der Waals surface area contributed by atoms with Gasteiger partial charge in [0, 0.05) is 11.1 Å². The number of esters is 2. The standard InChI is InChI=1S/C24H18F3N3O5/c1-33-18-11-7-6-10-15(18)17-12-19(24(25,26)27)30-21(29-17)16(13-28-30)22(31)35-20(23(32)34-2)14-8-4-3-5-9-14/h3-13,20H,1-2H3. The number of ether oxygens (including phenoxy) is 3. The van der Waals surface area contributed by atoms with Gasteiger partial charge in [0.05, 0.1) is 26.1 Å². The molecule has 0 saturated heterocycles. The Bertz CT molecular complexity index is 1390. The van der Waals surface area contributed by atoms with Crippen molar-refractivity contribution in [3.63, 3.8) is 0 Å². The van der Waals surface area contributed by atoms with Crippen molar-refractivity contribution in [2.45, 2.75) is 12.3 Å². The van der Waals surface area contributed by atoms with Crippen LogP contribution in [0.25, 0.3) is 16.9 Å². The van der Waals surface area contributed by atoms with Crippen molar-refractivity contribution in [1.29, 1.82) is 0 Å². The third kappa shape index (κ3) is 4.65. The summed E-state index contributed by atoms with van der Waals surface area (Å²) in [6, 6.07) is 15.2. The number of para-hydroxylation sites is 1. The van der Waals surface area contributed by atoms with Crippen LogP contribution in [0, 0.1) is 0 Å². The first-order valence-corrected chi connectivity index (χ1v) is 10.2. The van der Waals surface area contributed by atoms with E-state index in [2.05, 4.69) is 10.1 Å². The largest absolute Gasteiger partial charge is 0.496 e. The van der Waals surface area contributed by atoms with Crippen LogP contribution in [0.5, 0.6) is 5.75 Å². The zero-order valence-corrected chi connectivity index (χ0v) is 18.4. The third-order valence-corrected chi connectivity index (χ3v) is 5.11. The monoisotopic (exact) mass is 485 g/mol. The molecule has 2 aromatic heterocycles. The molecule has 1 atom stereocenters. The summed E-state index contributed by atoms with van der Waals surface area (Å²) < 4.78 is 57.5. The molecule has 0 amide bonds. The van der Waals surface area contributed by atoms with Crippen molar-refractivity contribution in [3.05, 3.63) is 83.7 Å². The van der Waals surface area contributed by atoms with Gasteiger partial charge in [0.1, 0.15) is 11.3 Å². The molecule has 11 heteroatoms. The maximum absolute atomic E-state index is 13.9. The number of rotatable bonds is 6.